The van der Waals surface area contributed by atoms with Crippen molar-refractivity contribution in [2.75, 3.05) is 13.7 Å². The van der Waals surface area contributed by atoms with Gasteiger partial charge in [-0.15, -0.1) is 6.58 Å². The van der Waals surface area contributed by atoms with E-state index in [4.69, 9.17) is 4.74 Å². The molecule has 2 unspecified atom stereocenters. The van der Waals surface area contributed by atoms with Crippen LogP contribution in [-0.2, 0) is 4.74 Å². The third-order valence-corrected chi connectivity index (χ3v) is 2.71. The van der Waals surface area contributed by atoms with Gasteiger partial charge in [-0.3, -0.25) is 0 Å². The molecule has 0 aliphatic carbocycles. The van der Waals surface area contributed by atoms with E-state index in [9.17, 15) is 0 Å². The average molecular weight is 213 g/mol. The summed E-state index contributed by atoms with van der Waals surface area (Å²) < 4.78 is 5.55. The van der Waals surface area contributed by atoms with Gasteiger partial charge in [-0.05, 0) is 32.2 Å². The number of allylic oxidation sites excluding steroid dienone is 1. The van der Waals surface area contributed by atoms with Crippen molar-refractivity contribution < 1.29 is 4.74 Å². The number of ether oxygens (including phenoxy) is 1. The summed E-state index contributed by atoms with van der Waals surface area (Å²) in [5.41, 5.74) is 0. The van der Waals surface area contributed by atoms with E-state index in [1.165, 1.54) is 19.3 Å². The lowest BCUT2D eigenvalue weighted by Gasteiger charge is -2.26. The third-order valence-electron chi connectivity index (χ3n) is 2.71. The lowest BCUT2D eigenvalue weighted by atomic mass is 10.00. The molecule has 0 aliphatic heterocycles. The highest BCUT2D eigenvalue weighted by molar-refractivity contribution is 4.78. The van der Waals surface area contributed by atoms with Crippen LogP contribution in [-0.4, -0.2) is 25.8 Å². The maximum absolute atomic E-state index is 5.55. The first-order valence-electron chi connectivity index (χ1n) is 6.17. The molecule has 2 atom stereocenters. The molecule has 0 rings (SSSR count). The van der Waals surface area contributed by atoms with Gasteiger partial charge in [0.2, 0.25) is 0 Å². The Morgan fingerprint density at radius 3 is 2.53 bits per heavy atom. The molecule has 0 radical (unpaired) electrons. The van der Waals surface area contributed by atoms with E-state index in [1.54, 1.807) is 0 Å². The highest BCUT2D eigenvalue weighted by Crippen LogP contribution is 2.12. The van der Waals surface area contributed by atoms with Gasteiger partial charge in [0.15, 0.2) is 0 Å². The molecule has 0 fully saturated rings. The van der Waals surface area contributed by atoms with Crippen molar-refractivity contribution in [1.29, 1.82) is 0 Å². The fourth-order valence-electron chi connectivity index (χ4n) is 1.93. The third kappa shape index (κ3) is 6.69. The zero-order chi connectivity index (χ0) is 11.5. The minimum absolute atomic E-state index is 0.361. The average Bonchev–Trinajstić information content (AvgIpc) is 2.25. The van der Waals surface area contributed by atoms with Gasteiger partial charge in [-0.2, -0.15) is 0 Å². The molecule has 2 heteroatoms. The van der Waals surface area contributed by atoms with Gasteiger partial charge in [-0.25, -0.2) is 0 Å². The Kier molecular flexibility index (Phi) is 9.96. The van der Waals surface area contributed by atoms with Gasteiger partial charge in [-0.1, -0.05) is 26.3 Å². The number of hydrogen-bond acceptors (Lipinski definition) is 2. The van der Waals surface area contributed by atoms with Crippen LogP contribution in [0.5, 0.6) is 0 Å². The standard InChI is InChI=1S/C13H27NO/c1-5-8-9-11-12(14-7-3)13(15-4)10-6-2/h5,12-14H,1,6-11H2,2-4H3. The first kappa shape index (κ1) is 14.7. The predicted octanol–water partition coefficient (Wildman–Crippen LogP) is 3.14. The molecule has 1 N–H and O–H groups in total. The molecule has 2 nitrogen and oxygen atoms in total. The Balaban J connectivity index is 4.00. The van der Waals surface area contributed by atoms with Gasteiger partial charge in [0, 0.05) is 13.2 Å². The Hall–Kier alpha value is -0.340. The van der Waals surface area contributed by atoms with Crippen LogP contribution >= 0.6 is 0 Å². The van der Waals surface area contributed by atoms with Gasteiger partial charge in [0.25, 0.3) is 0 Å². The second-order valence-electron chi connectivity index (χ2n) is 3.95. The summed E-state index contributed by atoms with van der Waals surface area (Å²) in [7, 11) is 1.82. The number of hydrogen-bond donors (Lipinski definition) is 1. The summed E-state index contributed by atoms with van der Waals surface area (Å²) in [6.45, 7) is 9.13. The topological polar surface area (TPSA) is 21.3 Å². The zero-order valence-corrected chi connectivity index (χ0v) is 10.6. The van der Waals surface area contributed by atoms with E-state index in [0.29, 0.717) is 12.1 Å². The number of methoxy groups -OCH3 is 1. The molecular weight excluding hydrogens is 186 g/mol. The molecule has 0 aliphatic rings. The van der Waals surface area contributed by atoms with E-state index in [1.807, 2.05) is 13.2 Å². The number of rotatable bonds is 10. The van der Waals surface area contributed by atoms with Gasteiger partial charge in [0.1, 0.15) is 0 Å². The number of nitrogens with one attached hydrogen (secondary N) is 1. The number of unbranched alkanes of at least 4 members (excludes halogenated alkanes) is 1. The van der Waals surface area contributed by atoms with Gasteiger partial charge < -0.3 is 10.1 Å². The van der Waals surface area contributed by atoms with Gasteiger partial charge >= 0.3 is 0 Å². The van der Waals surface area contributed by atoms with Crippen LogP contribution in [0.15, 0.2) is 12.7 Å². The van der Waals surface area contributed by atoms with Gasteiger partial charge in [0.05, 0.1) is 6.10 Å². The summed E-state index contributed by atoms with van der Waals surface area (Å²) in [6.07, 6.45) is 8.15. The maximum atomic E-state index is 5.55. The molecule has 0 heterocycles. The first-order chi connectivity index (χ1) is 7.29. The van der Waals surface area contributed by atoms with Crippen molar-refractivity contribution >= 4 is 0 Å². The SMILES string of the molecule is C=CCCCC(NCC)C(CCC)OC. The zero-order valence-electron chi connectivity index (χ0n) is 10.6. The lowest BCUT2D eigenvalue weighted by Crippen LogP contribution is -2.40. The summed E-state index contributed by atoms with van der Waals surface area (Å²) in [4.78, 5) is 0. The van der Waals surface area contributed by atoms with E-state index >= 15 is 0 Å². The van der Waals surface area contributed by atoms with E-state index < -0.39 is 0 Å². The van der Waals surface area contributed by atoms with Crippen molar-refractivity contribution in [3.63, 3.8) is 0 Å². The predicted molar refractivity (Wildman–Crippen MR) is 67.2 cm³/mol. The minimum Gasteiger partial charge on any atom is -0.380 e. The second kappa shape index (κ2) is 10.2. The molecular formula is C13H27NO. The minimum atomic E-state index is 0.361. The van der Waals surface area contributed by atoms with Crippen LogP contribution in [0.25, 0.3) is 0 Å². The monoisotopic (exact) mass is 213 g/mol. The Morgan fingerprint density at radius 1 is 1.33 bits per heavy atom. The van der Waals surface area contributed by atoms with Crippen molar-refractivity contribution in [3.8, 4) is 0 Å². The lowest BCUT2D eigenvalue weighted by molar-refractivity contribution is 0.0581. The Morgan fingerprint density at radius 2 is 2.07 bits per heavy atom. The molecule has 0 aromatic carbocycles. The van der Waals surface area contributed by atoms with Crippen molar-refractivity contribution in [1.82, 2.24) is 5.32 Å². The highest BCUT2D eigenvalue weighted by Gasteiger charge is 2.18. The van der Waals surface area contributed by atoms with Crippen LogP contribution in [0.1, 0.15) is 46.0 Å². The molecule has 15 heavy (non-hydrogen) atoms. The molecule has 0 spiro atoms. The van der Waals surface area contributed by atoms with Crippen LogP contribution in [0.3, 0.4) is 0 Å². The first-order valence-corrected chi connectivity index (χ1v) is 6.17. The molecule has 0 aromatic heterocycles. The molecule has 90 valence electrons. The van der Waals surface area contributed by atoms with Crippen LogP contribution in [0.4, 0.5) is 0 Å². The van der Waals surface area contributed by atoms with E-state index in [2.05, 4.69) is 25.7 Å². The van der Waals surface area contributed by atoms with Crippen LogP contribution in [0.2, 0.25) is 0 Å². The fraction of sp³-hybridized carbons (Fsp3) is 0.846. The van der Waals surface area contributed by atoms with Crippen molar-refractivity contribution in [2.24, 2.45) is 0 Å². The normalized spacial score (nSPS) is 14.9. The Labute approximate surface area is 95.1 Å². The largest absolute Gasteiger partial charge is 0.380 e. The molecule has 0 amide bonds. The van der Waals surface area contributed by atoms with Crippen molar-refractivity contribution in [3.05, 3.63) is 12.7 Å². The quantitative estimate of drug-likeness (QED) is 0.444. The Bertz CT molecular complexity index is 147. The summed E-state index contributed by atoms with van der Waals surface area (Å²) in [5.74, 6) is 0. The summed E-state index contributed by atoms with van der Waals surface area (Å²) in [5, 5.41) is 3.52. The smallest absolute Gasteiger partial charge is 0.0724 e. The molecule has 0 saturated carbocycles. The highest BCUT2D eigenvalue weighted by atomic mass is 16.5. The van der Waals surface area contributed by atoms with E-state index in [-0.39, 0.29) is 0 Å². The fourth-order valence-corrected chi connectivity index (χ4v) is 1.93. The van der Waals surface area contributed by atoms with Crippen molar-refractivity contribution in [2.45, 2.75) is 58.1 Å². The molecule has 0 bridgehead atoms. The van der Waals surface area contributed by atoms with Crippen LogP contribution in [0, 0.1) is 0 Å². The maximum Gasteiger partial charge on any atom is 0.0724 e. The second-order valence-corrected chi connectivity index (χ2v) is 3.95. The van der Waals surface area contributed by atoms with Crippen LogP contribution < -0.4 is 5.32 Å². The molecule has 0 saturated heterocycles. The number of likely N-dealkylation sites (N-methyl/N-ethyl adjacent to an activating group) is 1. The molecule has 0 aromatic rings. The van der Waals surface area contributed by atoms with E-state index in [0.717, 1.165) is 19.4 Å². The summed E-state index contributed by atoms with van der Waals surface area (Å²) >= 11 is 0. The summed E-state index contributed by atoms with van der Waals surface area (Å²) in [6, 6.07) is 0.500.